The Bertz CT molecular complexity index is 570. The van der Waals surface area contributed by atoms with E-state index in [0.29, 0.717) is 22.6 Å². The number of carbonyl (C=O) groups excluding carboxylic acids is 1. The summed E-state index contributed by atoms with van der Waals surface area (Å²) in [6.45, 7) is 0. The molecule has 3 nitrogen and oxygen atoms in total. The molecule has 0 aliphatic rings. The van der Waals surface area contributed by atoms with E-state index in [4.69, 9.17) is 28.9 Å². The van der Waals surface area contributed by atoms with Gasteiger partial charge in [0.1, 0.15) is 0 Å². The van der Waals surface area contributed by atoms with Crippen LogP contribution in [-0.2, 0) is 0 Å². The average Bonchev–Trinajstić information content (AvgIpc) is 2.35. The van der Waals surface area contributed by atoms with Crippen molar-refractivity contribution >= 4 is 35.2 Å². The Balaban J connectivity index is 2.72. The van der Waals surface area contributed by atoms with Crippen LogP contribution in [0.2, 0.25) is 10.0 Å². The minimum atomic E-state index is 0.199. The van der Waals surface area contributed by atoms with Gasteiger partial charge in [-0.2, -0.15) is 0 Å². The van der Waals surface area contributed by atoms with Crippen molar-refractivity contribution in [3.63, 3.8) is 0 Å². The second-order valence-corrected chi connectivity index (χ2v) is 4.17. The number of hydrogen-bond donors (Lipinski definition) is 1. The minimum Gasteiger partial charge on any atom is -0.397 e. The van der Waals surface area contributed by atoms with Gasteiger partial charge in [-0.15, -0.1) is 0 Å². The normalized spacial score (nSPS) is 10.2. The van der Waals surface area contributed by atoms with Crippen molar-refractivity contribution in [3.05, 3.63) is 46.1 Å². The largest absolute Gasteiger partial charge is 0.397 e. The minimum absolute atomic E-state index is 0.199. The third-order valence-electron chi connectivity index (χ3n) is 2.33. The van der Waals surface area contributed by atoms with Crippen molar-refractivity contribution < 1.29 is 4.79 Å². The molecule has 0 unspecified atom stereocenters. The first-order chi connectivity index (χ1) is 8.15. The number of nitrogens with two attached hydrogens (primary N) is 1. The quantitative estimate of drug-likeness (QED) is 0.669. The van der Waals surface area contributed by atoms with Gasteiger partial charge >= 0.3 is 0 Å². The summed E-state index contributed by atoms with van der Waals surface area (Å²) in [6.07, 6.45) is 2.25. The van der Waals surface area contributed by atoms with Gasteiger partial charge in [-0.1, -0.05) is 29.3 Å². The molecule has 0 saturated heterocycles. The molecule has 2 aromatic rings. The van der Waals surface area contributed by atoms with E-state index in [-0.39, 0.29) is 16.3 Å². The SMILES string of the molecule is Nc1c(Cl)c(C=O)cc(Cl)c1-c1ccccn1. The summed E-state index contributed by atoms with van der Waals surface area (Å²) in [7, 11) is 0. The molecule has 0 amide bonds. The van der Waals surface area contributed by atoms with Gasteiger partial charge in [0.2, 0.25) is 0 Å². The predicted octanol–water partition coefficient (Wildman–Crippen LogP) is 3.45. The molecule has 2 rings (SSSR count). The number of anilines is 1. The maximum absolute atomic E-state index is 10.8. The summed E-state index contributed by atoms with van der Waals surface area (Å²) < 4.78 is 0. The third kappa shape index (κ3) is 2.12. The molecule has 2 N–H and O–H groups in total. The van der Waals surface area contributed by atoms with Gasteiger partial charge < -0.3 is 5.73 Å². The summed E-state index contributed by atoms with van der Waals surface area (Å²) in [5, 5.41) is 0.553. The highest BCUT2D eigenvalue weighted by atomic mass is 35.5. The topological polar surface area (TPSA) is 56.0 Å². The lowest BCUT2D eigenvalue weighted by Crippen LogP contribution is -1.97. The zero-order valence-electron chi connectivity index (χ0n) is 8.65. The average molecular weight is 267 g/mol. The monoisotopic (exact) mass is 266 g/mol. The van der Waals surface area contributed by atoms with Crippen LogP contribution in [0.25, 0.3) is 11.3 Å². The van der Waals surface area contributed by atoms with E-state index in [1.54, 1.807) is 18.3 Å². The first-order valence-corrected chi connectivity index (χ1v) is 5.54. The molecular weight excluding hydrogens is 259 g/mol. The Labute approximate surface area is 108 Å². The van der Waals surface area contributed by atoms with E-state index in [2.05, 4.69) is 4.98 Å². The molecule has 1 aromatic heterocycles. The number of pyridine rings is 1. The summed E-state index contributed by atoms with van der Waals surface area (Å²) in [5.74, 6) is 0. The van der Waals surface area contributed by atoms with Crippen LogP contribution < -0.4 is 5.73 Å². The number of aldehydes is 1. The lowest BCUT2D eigenvalue weighted by Gasteiger charge is -2.10. The molecule has 17 heavy (non-hydrogen) atoms. The van der Waals surface area contributed by atoms with Crippen LogP contribution in [0.15, 0.2) is 30.5 Å². The highest BCUT2D eigenvalue weighted by Crippen LogP contribution is 2.38. The standard InChI is InChI=1S/C12H8Cl2N2O/c13-8-5-7(6-17)11(14)12(15)10(8)9-3-1-2-4-16-9/h1-6H,15H2. The zero-order chi connectivity index (χ0) is 12.4. The molecule has 0 fully saturated rings. The van der Waals surface area contributed by atoms with Crippen molar-refractivity contribution in [2.45, 2.75) is 0 Å². The second kappa shape index (κ2) is 4.73. The Morgan fingerprint density at radius 3 is 2.65 bits per heavy atom. The molecule has 0 spiro atoms. The molecule has 86 valence electrons. The van der Waals surface area contributed by atoms with E-state index in [1.807, 2.05) is 6.07 Å². The Kier molecular flexibility index (Phi) is 3.31. The predicted molar refractivity (Wildman–Crippen MR) is 69.5 cm³/mol. The fourth-order valence-corrected chi connectivity index (χ4v) is 2.03. The van der Waals surface area contributed by atoms with Gasteiger partial charge in [0.05, 0.1) is 21.4 Å². The van der Waals surface area contributed by atoms with Crippen LogP contribution in [0.4, 0.5) is 5.69 Å². The number of nitrogens with zero attached hydrogens (tertiary/aromatic N) is 1. The summed E-state index contributed by atoms with van der Waals surface area (Å²) in [6, 6.07) is 6.86. The van der Waals surface area contributed by atoms with Crippen molar-refractivity contribution in [2.24, 2.45) is 0 Å². The number of benzene rings is 1. The lowest BCUT2D eigenvalue weighted by molar-refractivity contribution is 0.112. The van der Waals surface area contributed by atoms with Gasteiger partial charge in [0.25, 0.3) is 0 Å². The molecule has 5 heteroatoms. The van der Waals surface area contributed by atoms with Crippen LogP contribution >= 0.6 is 23.2 Å². The van der Waals surface area contributed by atoms with Crippen LogP contribution in [0.1, 0.15) is 10.4 Å². The Morgan fingerprint density at radius 2 is 2.06 bits per heavy atom. The number of halogens is 2. The zero-order valence-corrected chi connectivity index (χ0v) is 10.2. The molecule has 0 saturated carbocycles. The van der Waals surface area contributed by atoms with E-state index in [0.717, 1.165) is 0 Å². The molecule has 0 radical (unpaired) electrons. The van der Waals surface area contributed by atoms with Crippen LogP contribution in [0.5, 0.6) is 0 Å². The van der Waals surface area contributed by atoms with Gasteiger partial charge in [0, 0.05) is 17.3 Å². The fraction of sp³-hybridized carbons (Fsp3) is 0. The van der Waals surface area contributed by atoms with E-state index in [9.17, 15) is 4.79 Å². The smallest absolute Gasteiger partial charge is 0.151 e. The van der Waals surface area contributed by atoms with Gasteiger partial charge in [0.15, 0.2) is 6.29 Å². The van der Waals surface area contributed by atoms with Crippen molar-refractivity contribution in [2.75, 3.05) is 5.73 Å². The first kappa shape index (κ1) is 11.9. The second-order valence-electron chi connectivity index (χ2n) is 3.38. The third-order valence-corrected chi connectivity index (χ3v) is 3.05. The van der Waals surface area contributed by atoms with E-state index < -0.39 is 0 Å². The Morgan fingerprint density at radius 1 is 1.29 bits per heavy atom. The van der Waals surface area contributed by atoms with Gasteiger partial charge in [-0.25, -0.2) is 0 Å². The van der Waals surface area contributed by atoms with Crippen LogP contribution in [-0.4, -0.2) is 11.3 Å². The molecule has 1 aromatic carbocycles. The Hall–Kier alpha value is -1.58. The maximum atomic E-state index is 10.8. The molecule has 0 bridgehead atoms. The number of rotatable bonds is 2. The number of nitrogen functional groups attached to an aromatic ring is 1. The number of hydrogen-bond acceptors (Lipinski definition) is 3. The van der Waals surface area contributed by atoms with Gasteiger partial charge in [-0.3, -0.25) is 9.78 Å². The highest BCUT2D eigenvalue weighted by molar-refractivity contribution is 6.39. The number of carbonyl (C=O) groups is 1. The molecule has 1 heterocycles. The van der Waals surface area contributed by atoms with E-state index in [1.165, 1.54) is 6.07 Å². The molecular formula is C12H8Cl2N2O. The molecule has 0 atom stereocenters. The summed E-state index contributed by atoms with van der Waals surface area (Å²) in [5.41, 5.74) is 7.58. The van der Waals surface area contributed by atoms with Crippen LogP contribution in [0, 0.1) is 0 Å². The van der Waals surface area contributed by atoms with Crippen molar-refractivity contribution in [1.82, 2.24) is 4.98 Å². The maximum Gasteiger partial charge on any atom is 0.151 e. The summed E-state index contributed by atoms with van der Waals surface area (Å²) >= 11 is 12.1. The van der Waals surface area contributed by atoms with Gasteiger partial charge in [-0.05, 0) is 18.2 Å². The number of aromatic nitrogens is 1. The lowest BCUT2D eigenvalue weighted by atomic mass is 10.1. The summed E-state index contributed by atoms with van der Waals surface area (Å²) in [4.78, 5) is 14.9. The van der Waals surface area contributed by atoms with E-state index >= 15 is 0 Å². The first-order valence-electron chi connectivity index (χ1n) is 4.79. The van der Waals surface area contributed by atoms with Crippen molar-refractivity contribution in [1.29, 1.82) is 0 Å². The fourth-order valence-electron chi connectivity index (χ4n) is 1.52. The van der Waals surface area contributed by atoms with Crippen LogP contribution in [0.3, 0.4) is 0 Å². The highest BCUT2D eigenvalue weighted by Gasteiger charge is 2.15. The van der Waals surface area contributed by atoms with Crippen molar-refractivity contribution in [3.8, 4) is 11.3 Å². The molecule has 0 aliphatic heterocycles. The molecule has 0 aliphatic carbocycles.